The quantitative estimate of drug-likeness (QED) is 0.767. The second kappa shape index (κ2) is 6.63. The van der Waals surface area contributed by atoms with Gasteiger partial charge in [-0.05, 0) is 29.4 Å². The molecule has 0 fully saturated rings. The van der Waals surface area contributed by atoms with Crippen LogP contribution in [0.5, 0.6) is 0 Å². The first kappa shape index (κ1) is 13.2. The predicted octanol–water partition coefficient (Wildman–Crippen LogP) is 1.95. The van der Waals surface area contributed by atoms with Crippen LogP contribution in [0.25, 0.3) is 0 Å². The number of rotatable bonds is 7. The smallest absolute Gasteiger partial charge is 0.240 e. The van der Waals surface area contributed by atoms with E-state index in [2.05, 4.69) is 31.9 Å². The van der Waals surface area contributed by atoms with E-state index in [-0.39, 0.29) is 0 Å². The fourth-order valence-electron chi connectivity index (χ4n) is 1.63. The average Bonchev–Trinajstić information content (AvgIpc) is 2.98. The van der Waals surface area contributed by atoms with Crippen molar-refractivity contribution in [3.63, 3.8) is 0 Å². The molecule has 5 nitrogen and oxygen atoms in total. The van der Waals surface area contributed by atoms with E-state index >= 15 is 0 Å². The number of nitrogens with zero attached hydrogens (tertiary/aromatic N) is 3. The molecule has 0 saturated heterocycles. The van der Waals surface area contributed by atoms with Crippen LogP contribution in [-0.2, 0) is 24.2 Å². The Morgan fingerprint density at radius 3 is 3.06 bits per heavy atom. The summed E-state index contributed by atoms with van der Waals surface area (Å²) in [7, 11) is 3.70. The Hall–Kier alpha value is -1.24. The number of hydrogen-bond donors (Lipinski definition) is 0. The molecule has 0 saturated carbocycles. The van der Waals surface area contributed by atoms with Gasteiger partial charge in [0.15, 0.2) is 5.82 Å². The molecule has 98 valence electrons. The van der Waals surface area contributed by atoms with Crippen LogP contribution in [0.1, 0.15) is 17.3 Å². The molecule has 6 heteroatoms. The molecule has 2 heterocycles. The Morgan fingerprint density at radius 1 is 1.44 bits per heavy atom. The number of aromatic nitrogens is 2. The van der Waals surface area contributed by atoms with Crippen molar-refractivity contribution in [3.05, 3.63) is 34.1 Å². The first-order chi connectivity index (χ1) is 8.78. The van der Waals surface area contributed by atoms with Gasteiger partial charge in [0.1, 0.15) is 0 Å². The van der Waals surface area contributed by atoms with Crippen molar-refractivity contribution < 1.29 is 9.26 Å². The molecule has 0 N–H and O–H groups in total. The van der Waals surface area contributed by atoms with Crippen molar-refractivity contribution >= 4 is 11.3 Å². The highest BCUT2D eigenvalue weighted by Gasteiger charge is 2.09. The summed E-state index contributed by atoms with van der Waals surface area (Å²) in [6.45, 7) is 2.17. The Kier molecular flexibility index (Phi) is 4.86. The highest BCUT2D eigenvalue weighted by molar-refractivity contribution is 7.07. The van der Waals surface area contributed by atoms with E-state index in [4.69, 9.17) is 9.26 Å². The largest absolute Gasteiger partial charge is 0.384 e. The minimum absolute atomic E-state index is 0.615. The lowest BCUT2D eigenvalue weighted by Crippen LogP contribution is -2.17. The van der Waals surface area contributed by atoms with Gasteiger partial charge in [-0.3, -0.25) is 4.90 Å². The first-order valence-corrected chi connectivity index (χ1v) is 6.72. The minimum atomic E-state index is 0.615. The van der Waals surface area contributed by atoms with Crippen molar-refractivity contribution in [3.8, 4) is 0 Å². The molecule has 2 rings (SSSR count). The molecular weight excluding hydrogens is 250 g/mol. The predicted molar refractivity (Wildman–Crippen MR) is 69.4 cm³/mol. The average molecular weight is 267 g/mol. The van der Waals surface area contributed by atoms with Gasteiger partial charge in [0, 0.05) is 20.1 Å². The minimum Gasteiger partial charge on any atom is -0.384 e. The molecular formula is C12H17N3O2S. The van der Waals surface area contributed by atoms with Crippen LogP contribution >= 0.6 is 11.3 Å². The van der Waals surface area contributed by atoms with Crippen LogP contribution in [0, 0.1) is 0 Å². The van der Waals surface area contributed by atoms with Crippen molar-refractivity contribution in [2.24, 2.45) is 0 Å². The number of ether oxygens (including phenoxy) is 1. The molecule has 0 aliphatic rings. The molecule has 0 aromatic carbocycles. The van der Waals surface area contributed by atoms with Gasteiger partial charge in [-0.15, -0.1) is 0 Å². The standard InChI is InChI=1S/C12H17N3O2S/c1-15(7-10-4-6-18-9-10)8-12-13-11(14-17-12)3-5-16-2/h4,6,9H,3,5,7-8H2,1-2H3. The summed E-state index contributed by atoms with van der Waals surface area (Å²) in [6.07, 6.45) is 0.689. The van der Waals surface area contributed by atoms with E-state index in [1.807, 2.05) is 7.05 Å². The number of hydrogen-bond acceptors (Lipinski definition) is 6. The van der Waals surface area contributed by atoms with Crippen LogP contribution in [0.4, 0.5) is 0 Å². The molecule has 0 aliphatic carbocycles. The number of methoxy groups -OCH3 is 1. The van der Waals surface area contributed by atoms with Crippen LogP contribution in [0.3, 0.4) is 0 Å². The second-order valence-electron chi connectivity index (χ2n) is 4.15. The molecule has 2 aromatic heterocycles. The molecule has 0 atom stereocenters. The van der Waals surface area contributed by atoms with Gasteiger partial charge in [0.05, 0.1) is 13.2 Å². The van der Waals surface area contributed by atoms with E-state index < -0.39 is 0 Å². The SMILES string of the molecule is COCCc1noc(CN(C)Cc2ccsc2)n1. The fraction of sp³-hybridized carbons (Fsp3) is 0.500. The monoisotopic (exact) mass is 267 g/mol. The summed E-state index contributed by atoms with van der Waals surface area (Å²) in [5, 5.41) is 8.14. The molecule has 0 aliphatic heterocycles. The maximum atomic E-state index is 5.20. The van der Waals surface area contributed by atoms with Crippen molar-refractivity contribution in [2.45, 2.75) is 19.5 Å². The van der Waals surface area contributed by atoms with Crippen molar-refractivity contribution in [1.29, 1.82) is 0 Å². The van der Waals surface area contributed by atoms with Crippen molar-refractivity contribution in [2.75, 3.05) is 20.8 Å². The van der Waals surface area contributed by atoms with Crippen LogP contribution in [-0.4, -0.2) is 35.8 Å². The zero-order valence-corrected chi connectivity index (χ0v) is 11.4. The summed E-state index contributed by atoms with van der Waals surface area (Å²) < 4.78 is 10.2. The van der Waals surface area contributed by atoms with Crippen LogP contribution in [0.2, 0.25) is 0 Å². The molecule has 0 unspecified atom stereocenters. The van der Waals surface area contributed by atoms with E-state index in [9.17, 15) is 0 Å². The molecule has 0 bridgehead atoms. The van der Waals surface area contributed by atoms with E-state index in [1.54, 1.807) is 18.4 Å². The van der Waals surface area contributed by atoms with Gasteiger partial charge in [-0.25, -0.2) is 0 Å². The Morgan fingerprint density at radius 2 is 2.33 bits per heavy atom. The first-order valence-electron chi connectivity index (χ1n) is 5.78. The molecule has 0 radical (unpaired) electrons. The molecule has 0 spiro atoms. The number of thiophene rings is 1. The van der Waals surface area contributed by atoms with Crippen LogP contribution in [0.15, 0.2) is 21.3 Å². The highest BCUT2D eigenvalue weighted by Crippen LogP contribution is 2.10. The molecule has 2 aromatic rings. The summed E-state index contributed by atoms with van der Waals surface area (Å²) >= 11 is 1.71. The zero-order chi connectivity index (χ0) is 12.8. The summed E-state index contributed by atoms with van der Waals surface area (Å²) in [5.41, 5.74) is 1.31. The van der Waals surface area contributed by atoms with Gasteiger partial charge in [0.25, 0.3) is 0 Å². The van der Waals surface area contributed by atoms with Gasteiger partial charge in [-0.1, -0.05) is 5.16 Å². The lowest BCUT2D eigenvalue weighted by molar-refractivity contribution is 0.199. The summed E-state index contributed by atoms with van der Waals surface area (Å²) in [4.78, 5) is 6.47. The Balaban J connectivity index is 1.83. The Bertz CT molecular complexity index is 456. The topological polar surface area (TPSA) is 51.4 Å². The summed E-state index contributed by atoms with van der Waals surface area (Å²) in [5.74, 6) is 1.36. The second-order valence-corrected chi connectivity index (χ2v) is 4.93. The van der Waals surface area contributed by atoms with Gasteiger partial charge >= 0.3 is 0 Å². The van der Waals surface area contributed by atoms with Gasteiger partial charge < -0.3 is 9.26 Å². The third-order valence-corrected chi connectivity index (χ3v) is 3.21. The van der Waals surface area contributed by atoms with Crippen LogP contribution < -0.4 is 0 Å². The maximum Gasteiger partial charge on any atom is 0.240 e. The maximum absolute atomic E-state index is 5.20. The normalized spacial score (nSPS) is 11.3. The van der Waals surface area contributed by atoms with E-state index in [0.717, 1.165) is 6.54 Å². The van der Waals surface area contributed by atoms with Gasteiger partial charge in [-0.2, -0.15) is 16.3 Å². The third kappa shape index (κ3) is 3.90. The summed E-state index contributed by atoms with van der Waals surface area (Å²) in [6, 6.07) is 2.12. The zero-order valence-electron chi connectivity index (χ0n) is 10.6. The lowest BCUT2D eigenvalue weighted by atomic mass is 10.3. The highest BCUT2D eigenvalue weighted by atomic mass is 32.1. The lowest BCUT2D eigenvalue weighted by Gasteiger charge is -2.12. The van der Waals surface area contributed by atoms with E-state index in [1.165, 1.54) is 5.56 Å². The van der Waals surface area contributed by atoms with Crippen molar-refractivity contribution in [1.82, 2.24) is 15.0 Å². The third-order valence-electron chi connectivity index (χ3n) is 2.48. The van der Waals surface area contributed by atoms with Gasteiger partial charge in [0.2, 0.25) is 5.89 Å². The molecule has 0 amide bonds. The van der Waals surface area contributed by atoms with E-state index in [0.29, 0.717) is 31.3 Å². The molecule has 18 heavy (non-hydrogen) atoms. The Labute approximate surface area is 110 Å². The fourth-order valence-corrected chi connectivity index (χ4v) is 2.29.